The first-order valence-electron chi connectivity index (χ1n) is 11.6. The summed E-state index contributed by atoms with van der Waals surface area (Å²) in [6, 6.07) is 15.4. The number of amides is 2. The molecule has 0 aromatic heterocycles. The summed E-state index contributed by atoms with van der Waals surface area (Å²) in [5, 5.41) is 11.8. The van der Waals surface area contributed by atoms with E-state index in [1.165, 1.54) is 4.90 Å². The minimum Gasteiger partial charge on any atom is -0.480 e. The van der Waals surface area contributed by atoms with E-state index in [2.05, 4.69) is 17.4 Å². The third-order valence-electron chi connectivity index (χ3n) is 5.91. The summed E-state index contributed by atoms with van der Waals surface area (Å²) < 4.78 is 5.58. The van der Waals surface area contributed by atoms with Gasteiger partial charge in [0.25, 0.3) is 0 Å². The van der Waals surface area contributed by atoms with Crippen molar-refractivity contribution in [2.45, 2.75) is 51.5 Å². The molecule has 1 aliphatic rings. The van der Waals surface area contributed by atoms with Gasteiger partial charge in [-0.25, -0.2) is 4.79 Å². The van der Waals surface area contributed by atoms with Gasteiger partial charge in [0.05, 0.1) is 0 Å². The molecule has 3 rings (SSSR count). The standard InChI is InChI=1S/C26H32N2O5/c1-3-5-14-23(25(31)28(15-4-2)16-24(29)30)27-26(32)33-17-22-20-12-8-6-10-18(20)19-11-7-9-13-21(19)22/h6-13,22-23H,3-5,14-17H2,1-2H3,(H,27,32)(H,29,30)/t23-/m0/s1. The van der Waals surface area contributed by atoms with Crippen LogP contribution in [0.3, 0.4) is 0 Å². The number of fused-ring (bicyclic) bond motifs is 3. The molecule has 33 heavy (non-hydrogen) atoms. The number of carboxylic acids is 1. The highest BCUT2D eigenvalue weighted by Crippen LogP contribution is 2.44. The number of nitrogens with zero attached hydrogens (tertiary/aromatic N) is 1. The lowest BCUT2D eigenvalue weighted by Crippen LogP contribution is -2.50. The van der Waals surface area contributed by atoms with E-state index in [9.17, 15) is 14.4 Å². The van der Waals surface area contributed by atoms with E-state index in [0.717, 1.165) is 35.1 Å². The highest BCUT2D eigenvalue weighted by molar-refractivity contribution is 5.88. The summed E-state index contributed by atoms with van der Waals surface area (Å²) in [5.41, 5.74) is 4.50. The summed E-state index contributed by atoms with van der Waals surface area (Å²) in [6.07, 6.45) is 1.97. The largest absolute Gasteiger partial charge is 0.480 e. The number of rotatable bonds is 11. The molecule has 0 unspecified atom stereocenters. The molecule has 2 aromatic carbocycles. The molecule has 0 aliphatic heterocycles. The van der Waals surface area contributed by atoms with Crippen LogP contribution in [-0.2, 0) is 14.3 Å². The first-order valence-corrected chi connectivity index (χ1v) is 11.6. The third kappa shape index (κ3) is 5.92. The summed E-state index contributed by atoms with van der Waals surface area (Å²) in [4.78, 5) is 38.2. The number of benzene rings is 2. The Morgan fingerprint density at radius 2 is 1.61 bits per heavy atom. The van der Waals surface area contributed by atoms with E-state index < -0.39 is 18.1 Å². The number of nitrogens with one attached hydrogen (secondary N) is 1. The molecule has 2 N–H and O–H groups in total. The Balaban J connectivity index is 1.68. The molecular formula is C26H32N2O5. The lowest BCUT2D eigenvalue weighted by Gasteiger charge is -2.26. The van der Waals surface area contributed by atoms with Crippen molar-refractivity contribution >= 4 is 18.0 Å². The molecule has 0 saturated heterocycles. The summed E-state index contributed by atoms with van der Waals surface area (Å²) in [6.45, 7) is 3.96. The number of carbonyl (C=O) groups excluding carboxylic acids is 2. The van der Waals surface area contributed by atoms with Gasteiger partial charge < -0.3 is 20.1 Å². The SMILES string of the molecule is CCCC[C@H](NC(=O)OCC1c2ccccc2-c2ccccc21)C(=O)N(CCC)CC(=O)O. The number of alkyl carbamates (subject to hydrolysis) is 1. The molecule has 2 aromatic rings. The first kappa shape index (κ1) is 24.3. The zero-order valence-electron chi connectivity index (χ0n) is 19.3. The van der Waals surface area contributed by atoms with Crippen molar-refractivity contribution in [2.75, 3.05) is 19.7 Å². The summed E-state index contributed by atoms with van der Waals surface area (Å²) in [5.74, 6) is -1.54. The van der Waals surface area contributed by atoms with E-state index in [1.54, 1.807) is 0 Å². The fourth-order valence-electron chi connectivity index (χ4n) is 4.37. The van der Waals surface area contributed by atoms with Crippen LogP contribution in [0.25, 0.3) is 11.1 Å². The maximum Gasteiger partial charge on any atom is 0.407 e. The van der Waals surface area contributed by atoms with Crippen molar-refractivity contribution in [3.05, 3.63) is 59.7 Å². The van der Waals surface area contributed by atoms with Gasteiger partial charge in [0, 0.05) is 12.5 Å². The lowest BCUT2D eigenvalue weighted by atomic mass is 9.98. The Morgan fingerprint density at radius 3 is 2.15 bits per heavy atom. The Bertz CT molecular complexity index is 945. The van der Waals surface area contributed by atoms with E-state index in [0.29, 0.717) is 19.4 Å². The van der Waals surface area contributed by atoms with Crippen LogP contribution in [0.1, 0.15) is 56.6 Å². The Labute approximate surface area is 194 Å². The second-order valence-corrected chi connectivity index (χ2v) is 8.32. The van der Waals surface area contributed by atoms with Gasteiger partial charge in [-0.3, -0.25) is 9.59 Å². The highest BCUT2D eigenvalue weighted by Gasteiger charge is 2.30. The zero-order chi connectivity index (χ0) is 23.8. The Kier molecular flexibility index (Phi) is 8.46. The minimum absolute atomic E-state index is 0.0726. The average Bonchev–Trinajstić information content (AvgIpc) is 3.13. The second-order valence-electron chi connectivity index (χ2n) is 8.32. The molecule has 1 aliphatic carbocycles. The quantitative estimate of drug-likeness (QED) is 0.527. The third-order valence-corrected chi connectivity index (χ3v) is 5.91. The van der Waals surface area contributed by atoms with Gasteiger partial charge in [0.2, 0.25) is 5.91 Å². The Morgan fingerprint density at radius 1 is 1.00 bits per heavy atom. The fraction of sp³-hybridized carbons (Fsp3) is 0.423. The maximum absolute atomic E-state index is 13.0. The van der Waals surface area contributed by atoms with Crippen molar-refractivity contribution in [3.63, 3.8) is 0 Å². The number of hydrogen-bond acceptors (Lipinski definition) is 4. The van der Waals surface area contributed by atoms with Crippen LogP contribution in [0.15, 0.2) is 48.5 Å². The molecule has 0 bridgehead atoms. The first-order chi connectivity index (χ1) is 16.0. The number of unbranched alkanes of at least 4 members (excludes halogenated alkanes) is 1. The summed E-state index contributed by atoms with van der Waals surface area (Å²) in [7, 11) is 0. The molecule has 0 heterocycles. The average molecular weight is 453 g/mol. The molecule has 0 saturated carbocycles. The smallest absolute Gasteiger partial charge is 0.407 e. The number of ether oxygens (including phenoxy) is 1. The topological polar surface area (TPSA) is 95.9 Å². The second kappa shape index (κ2) is 11.5. The van der Waals surface area contributed by atoms with Crippen LogP contribution >= 0.6 is 0 Å². The number of hydrogen-bond donors (Lipinski definition) is 2. The predicted octanol–water partition coefficient (Wildman–Crippen LogP) is 4.41. The predicted molar refractivity (Wildman–Crippen MR) is 126 cm³/mol. The lowest BCUT2D eigenvalue weighted by molar-refractivity contribution is -0.145. The van der Waals surface area contributed by atoms with Gasteiger partial charge in [0.15, 0.2) is 0 Å². The molecule has 0 spiro atoms. The molecule has 0 radical (unpaired) electrons. The maximum atomic E-state index is 13.0. The number of aliphatic carboxylic acids is 1. The van der Waals surface area contributed by atoms with E-state index in [1.807, 2.05) is 50.2 Å². The number of carbonyl (C=O) groups is 3. The molecule has 176 valence electrons. The molecular weight excluding hydrogens is 420 g/mol. The van der Waals surface area contributed by atoms with Crippen LogP contribution in [0.4, 0.5) is 4.79 Å². The highest BCUT2D eigenvalue weighted by atomic mass is 16.5. The zero-order valence-corrected chi connectivity index (χ0v) is 19.3. The summed E-state index contributed by atoms with van der Waals surface area (Å²) >= 11 is 0. The number of carboxylic acid groups (broad SMARTS) is 1. The van der Waals surface area contributed by atoms with Crippen LogP contribution < -0.4 is 5.32 Å². The van der Waals surface area contributed by atoms with Crippen molar-refractivity contribution < 1.29 is 24.2 Å². The van der Waals surface area contributed by atoms with Crippen LogP contribution in [0, 0.1) is 0 Å². The van der Waals surface area contributed by atoms with Gasteiger partial charge >= 0.3 is 12.1 Å². The normalized spacial score (nSPS) is 13.0. The van der Waals surface area contributed by atoms with Gasteiger partial charge in [0.1, 0.15) is 19.2 Å². The Hall–Kier alpha value is -3.35. The van der Waals surface area contributed by atoms with Crippen molar-refractivity contribution in [2.24, 2.45) is 0 Å². The van der Waals surface area contributed by atoms with Crippen molar-refractivity contribution in [1.29, 1.82) is 0 Å². The van der Waals surface area contributed by atoms with Gasteiger partial charge in [-0.05, 0) is 35.1 Å². The molecule has 7 heteroatoms. The van der Waals surface area contributed by atoms with E-state index >= 15 is 0 Å². The van der Waals surface area contributed by atoms with Crippen molar-refractivity contribution in [1.82, 2.24) is 10.2 Å². The fourth-order valence-corrected chi connectivity index (χ4v) is 4.37. The van der Waals surface area contributed by atoms with Crippen LogP contribution in [0.5, 0.6) is 0 Å². The van der Waals surface area contributed by atoms with Crippen LogP contribution in [-0.4, -0.2) is 53.7 Å². The van der Waals surface area contributed by atoms with Crippen LogP contribution in [0.2, 0.25) is 0 Å². The van der Waals surface area contributed by atoms with E-state index in [-0.39, 0.29) is 25.0 Å². The minimum atomic E-state index is -1.08. The van der Waals surface area contributed by atoms with Gasteiger partial charge in [-0.1, -0.05) is 75.2 Å². The molecule has 0 fully saturated rings. The molecule has 7 nitrogen and oxygen atoms in total. The van der Waals surface area contributed by atoms with Gasteiger partial charge in [-0.2, -0.15) is 0 Å². The van der Waals surface area contributed by atoms with Crippen molar-refractivity contribution in [3.8, 4) is 11.1 Å². The molecule has 1 atom stereocenters. The molecule has 2 amide bonds. The monoisotopic (exact) mass is 452 g/mol. The van der Waals surface area contributed by atoms with Gasteiger partial charge in [-0.15, -0.1) is 0 Å². The van der Waals surface area contributed by atoms with E-state index in [4.69, 9.17) is 9.84 Å².